The van der Waals surface area contributed by atoms with Crippen LogP contribution in [0.15, 0.2) is 42.5 Å². The number of aliphatic hydroxyl groups excluding tert-OH is 1. The van der Waals surface area contributed by atoms with Crippen LogP contribution in [0.2, 0.25) is 10.0 Å². The molecule has 0 spiro atoms. The van der Waals surface area contributed by atoms with E-state index in [-0.39, 0.29) is 0 Å². The van der Waals surface area contributed by atoms with E-state index in [1.807, 2.05) is 6.07 Å². The van der Waals surface area contributed by atoms with Gasteiger partial charge in [0.15, 0.2) is 0 Å². The maximum Gasteiger partial charge on any atom is 0.0917 e. The third kappa shape index (κ3) is 5.38. The van der Waals surface area contributed by atoms with Gasteiger partial charge in [-0.15, -0.1) is 0 Å². The van der Waals surface area contributed by atoms with Gasteiger partial charge in [0, 0.05) is 6.54 Å². The zero-order chi connectivity index (χ0) is 17.5. The van der Waals surface area contributed by atoms with Gasteiger partial charge >= 0.3 is 0 Å². The molecule has 0 saturated heterocycles. The van der Waals surface area contributed by atoms with E-state index >= 15 is 0 Å². The van der Waals surface area contributed by atoms with E-state index in [0.717, 1.165) is 25.9 Å². The number of halogens is 2. The second-order valence-electron chi connectivity index (χ2n) is 5.90. The highest BCUT2D eigenvalue weighted by Gasteiger charge is 2.15. The molecule has 0 aliphatic heterocycles. The lowest BCUT2D eigenvalue weighted by atomic mass is 10.1. The Kier molecular flexibility index (Phi) is 7.38. The molecule has 2 rings (SSSR count). The summed E-state index contributed by atoms with van der Waals surface area (Å²) >= 11 is 12.1. The van der Waals surface area contributed by atoms with E-state index in [4.69, 9.17) is 28.9 Å². The van der Waals surface area contributed by atoms with E-state index in [0.29, 0.717) is 27.8 Å². The number of nitrogens with zero attached hydrogens (tertiary/aromatic N) is 1. The molecule has 0 aliphatic rings. The maximum absolute atomic E-state index is 10.5. The Morgan fingerprint density at radius 3 is 2.33 bits per heavy atom. The Bertz CT molecular complexity index is 626. The van der Waals surface area contributed by atoms with Crippen molar-refractivity contribution in [2.75, 3.05) is 25.4 Å². The van der Waals surface area contributed by atoms with E-state index < -0.39 is 6.10 Å². The molecule has 0 heterocycles. The molecule has 1 atom stereocenters. The fraction of sp³-hybridized carbons (Fsp3) is 0.368. The van der Waals surface area contributed by atoms with Crippen LogP contribution < -0.4 is 5.73 Å². The minimum atomic E-state index is -0.641. The number of aryl methyl sites for hydroxylation is 1. The van der Waals surface area contributed by atoms with Crippen LogP contribution in [-0.4, -0.2) is 29.6 Å². The zero-order valence-corrected chi connectivity index (χ0v) is 15.4. The molecule has 0 aliphatic carbocycles. The van der Waals surface area contributed by atoms with Gasteiger partial charge in [-0.1, -0.05) is 60.5 Å². The van der Waals surface area contributed by atoms with Crippen molar-refractivity contribution < 1.29 is 5.11 Å². The number of aliphatic hydroxyl groups is 1. The van der Waals surface area contributed by atoms with Gasteiger partial charge in [0.1, 0.15) is 0 Å². The van der Waals surface area contributed by atoms with E-state index in [1.54, 1.807) is 12.1 Å². The Hall–Kier alpha value is -1.26. The van der Waals surface area contributed by atoms with Crippen molar-refractivity contribution in [3.05, 3.63) is 63.6 Å². The molecule has 0 aromatic heterocycles. The van der Waals surface area contributed by atoms with Crippen molar-refractivity contribution in [3.8, 4) is 0 Å². The van der Waals surface area contributed by atoms with Crippen molar-refractivity contribution in [3.63, 3.8) is 0 Å². The number of benzene rings is 2. The number of likely N-dealkylation sites (N-methyl/N-ethyl adjacent to an activating group) is 1. The molecule has 0 saturated carbocycles. The summed E-state index contributed by atoms with van der Waals surface area (Å²) in [5, 5.41) is 11.2. The lowest BCUT2D eigenvalue weighted by molar-refractivity contribution is 0.115. The molecule has 0 fully saturated rings. The van der Waals surface area contributed by atoms with Gasteiger partial charge in [0.05, 0.1) is 21.8 Å². The third-order valence-corrected chi connectivity index (χ3v) is 4.77. The fourth-order valence-electron chi connectivity index (χ4n) is 2.68. The summed E-state index contributed by atoms with van der Waals surface area (Å²) in [4.78, 5) is 2.23. The monoisotopic (exact) mass is 366 g/mol. The van der Waals surface area contributed by atoms with Crippen molar-refractivity contribution >= 4 is 28.9 Å². The van der Waals surface area contributed by atoms with Gasteiger partial charge in [-0.05, 0) is 49.2 Å². The fourth-order valence-corrected chi connectivity index (χ4v) is 3.18. The Morgan fingerprint density at radius 1 is 1.12 bits per heavy atom. The van der Waals surface area contributed by atoms with Crippen LogP contribution in [-0.2, 0) is 6.42 Å². The van der Waals surface area contributed by atoms with Crippen LogP contribution in [0.4, 0.5) is 5.69 Å². The minimum Gasteiger partial charge on any atom is -0.396 e. The topological polar surface area (TPSA) is 49.5 Å². The molecule has 24 heavy (non-hydrogen) atoms. The highest BCUT2D eigenvalue weighted by molar-refractivity contribution is 6.38. The van der Waals surface area contributed by atoms with Gasteiger partial charge in [0.25, 0.3) is 0 Å². The molecule has 3 N–H and O–H groups in total. The SMILES string of the molecule is CCN(CCCc1ccccc1)CC(O)c1cc(Cl)c(N)c(Cl)c1. The molecule has 0 amide bonds. The van der Waals surface area contributed by atoms with Crippen LogP contribution in [0.25, 0.3) is 0 Å². The Morgan fingerprint density at radius 2 is 1.75 bits per heavy atom. The average Bonchev–Trinajstić information content (AvgIpc) is 2.59. The summed E-state index contributed by atoms with van der Waals surface area (Å²) in [6, 6.07) is 13.8. The molecule has 0 radical (unpaired) electrons. The highest BCUT2D eigenvalue weighted by atomic mass is 35.5. The smallest absolute Gasteiger partial charge is 0.0917 e. The van der Waals surface area contributed by atoms with Crippen LogP contribution >= 0.6 is 23.2 Å². The van der Waals surface area contributed by atoms with Crippen LogP contribution in [0.5, 0.6) is 0 Å². The molecule has 2 aromatic rings. The summed E-state index contributed by atoms with van der Waals surface area (Å²) in [6.45, 7) is 4.45. The third-order valence-electron chi connectivity index (χ3n) is 4.15. The highest BCUT2D eigenvalue weighted by Crippen LogP contribution is 2.31. The van der Waals surface area contributed by atoms with Gasteiger partial charge in [-0.3, -0.25) is 0 Å². The summed E-state index contributed by atoms with van der Waals surface area (Å²) in [5.41, 5.74) is 8.13. The summed E-state index contributed by atoms with van der Waals surface area (Å²) < 4.78 is 0. The van der Waals surface area contributed by atoms with Crippen molar-refractivity contribution in [1.82, 2.24) is 4.90 Å². The largest absolute Gasteiger partial charge is 0.396 e. The number of nitrogen functional groups attached to an aromatic ring is 1. The van der Waals surface area contributed by atoms with Crippen molar-refractivity contribution in [2.45, 2.75) is 25.9 Å². The lowest BCUT2D eigenvalue weighted by Gasteiger charge is -2.24. The van der Waals surface area contributed by atoms with Crippen LogP contribution in [0.1, 0.15) is 30.6 Å². The molecule has 2 aromatic carbocycles. The molecular weight excluding hydrogens is 343 g/mol. The van der Waals surface area contributed by atoms with Gasteiger partial charge in [-0.25, -0.2) is 0 Å². The number of hydrogen-bond acceptors (Lipinski definition) is 3. The second-order valence-corrected chi connectivity index (χ2v) is 6.71. The predicted octanol–water partition coefficient (Wildman–Crippen LogP) is 4.56. The molecule has 3 nitrogen and oxygen atoms in total. The Labute approximate surface area is 154 Å². The molecule has 1 unspecified atom stereocenters. The molecule has 130 valence electrons. The first-order valence-electron chi connectivity index (χ1n) is 8.20. The first-order valence-corrected chi connectivity index (χ1v) is 8.95. The summed E-state index contributed by atoms with van der Waals surface area (Å²) in [6.07, 6.45) is 1.44. The second kappa shape index (κ2) is 9.28. The van der Waals surface area contributed by atoms with Gasteiger partial charge in [0.2, 0.25) is 0 Å². The van der Waals surface area contributed by atoms with Crippen molar-refractivity contribution in [1.29, 1.82) is 0 Å². The quantitative estimate of drug-likeness (QED) is 0.673. The van der Waals surface area contributed by atoms with E-state index in [1.165, 1.54) is 5.56 Å². The lowest BCUT2D eigenvalue weighted by Crippen LogP contribution is -2.30. The summed E-state index contributed by atoms with van der Waals surface area (Å²) in [5.74, 6) is 0. The number of hydrogen-bond donors (Lipinski definition) is 2. The maximum atomic E-state index is 10.5. The van der Waals surface area contributed by atoms with E-state index in [2.05, 4.69) is 36.1 Å². The minimum absolute atomic E-state index is 0.351. The van der Waals surface area contributed by atoms with E-state index in [9.17, 15) is 5.11 Å². The molecule has 5 heteroatoms. The zero-order valence-electron chi connectivity index (χ0n) is 13.9. The van der Waals surface area contributed by atoms with Gasteiger partial charge in [-0.2, -0.15) is 0 Å². The van der Waals surface area contributed by atoms with Crippen LogP contribution in [0.3, 0.4) is 0 Å². The normalized spacial score (nSPS) is 12.5. The number of anilines is 1. The average molecular weight is 367 g/mol. The number of rotatable bonds is 8. The number of nitrogens with two attached hydrogens (primary N) is 1. The van der Waals surface area contributed by atoms with Crippen LogP contribution in [0, 0.1) is 0 Å². The Balaban J connectivity index is 1.89. The predicted molar refractivity (Wildman–Crippen MR) is 103 cm³/mol. The first-order chi connectivity index (χ1) is 11.5. The van der Waals surface area contributed by atoms with Crippen molar-refractivity contribution in [2.24, 2.45) is 0 Å². The summed E-state index contributed by atoms with van der Waals surface area (Å²) in [7, 11) is 0. The molecule has 0 bridgehead atoms. The standard InChI is InChI=1S/C19H24Cl2N2O/c1-2-23(10-6-9-14-7-4-3-5-8-14)13-18(24)15-11-16(20)19(22)17(21)12-15/h3-5,7-8,11-12,18,24H,2,6,9-10,13,22H2,1H3. The van der Waals surface area contributed by atoms with Gasteiger partial charge < -0.3 is 15.7 Å². The molecular formula is C19H24Cl2N2O. The first kappa shape index (κ1) is 19.1.